The minimum atomic E-state index is 0.208. The lowest BCUT2D eigenvalue weighted by atomic mass is 10.1. The molecular weight excluding hydrogens is 178 g/mol. The summed E-state index contributed by atoms with van der Waals surface area (Å²) in [7, 11) is 1.92. The monoisotopic (exact) mass is 195 g/mol. The van der Waals surface area contributed by atoms with Gasteiger partial charge in [0.05, 0.1) is 6.61 Å². The minimum Gasteiger partial charge on any atom is -0.504 e. The van der Waals surface area contributed by atoms with Crippen molar-refractivity contribution in [2.75, 3.05) is 20.2 Å². The maximum absolute atomic E-state index is 9.45. The van der Waals surface area contributed by atoms with E-state index in [1.165, 1.54) is 5.56 Å². The van der Waals surface area contributed by atoms with E-state index >= 15 is 0 Å². The smallest absolute Gasteiger partial charge is 0.161 e. The van der Waals surface area contributed by atoms with Crippen molar-refractivity contribution >= 4 is 0 Å². The fourth-order valence-electron chi connectivity index (χ4n) is 1.25. The van der Waals surface area contributed by atoms with E-state index in [-0.39, 0.29) is 5.75 Å². The van der Waals surface area contributed by atoms with Crippen LogP contribution in [-0.2, 0) is 6.42 Å². The maximum Gasteiger partial charge on any atom is 0.161 e. The lowest BCUT2D eigenvalue weighted by Crippen LogP contribution is -2.10. The second-order valence-corrected chi connectivity index (χ2v) is 3.09. The molecule has 0 aromatic heterocycles. The molecule has 0 amide bonds. The normalized spacial score (nSPS) is 10.1. The van der Waals surface area contributed by atoms with Crippen LogP contribution in [0.4, 0.5) is 0 Å². The van der Waals surface area contributed by atoms with Crippen molar-refractivity contribution in [1.82, 2.24) is 5.32 Å². The number of hydrogen-bond donors (Lipinski definition) is 2. The van der Waals surface area contributed by atoms with E-state index in [9.17, 15) is 5.11 Å². The topological polar surface area (TPSA) is 41.5 Å². The summed E-state index contributed by atoms with van der Waals surface area (Å²) in [6, 6.07) is 5.47. The van der Waals surface area contributed by atoms with E-state index < -0.39 is 0 Å². The number of phenolic OH excluding ortho intramolecular Hbond substituents is 1. The van der Waals surface area contributed by atoms with Gasteiger partial charge >= 0.3 is 0 Å². The molecule has 1 aromatic carbocycles. The second-order valence-electron chi connectivity index (χ2n) is 3.09. The number of phenols is 1. The van der Waals surface area contributed by atoms with Crippen LogP contribution in [0.5, 0.6) is 11.5 Å². The van der Waals surface area contributed by atoms with Gasteiger partial charge in [0, 0.05) is 0 Å². The standard InChI is InChI=1S/C11H17NO2/c1-3-14-11-8-9(6-7-12-2)4-5-10(11)13/h4-5,8,12-13H,3,6-7H2,1-2H3. The van der Waals surface area contributed by atoms with Crippen LogP contribution in [0.25, 0.3) is 0 Å². The van der Waals surface area contributed by atoms with Gasteiger partial charge in [-0.05, 0) is 44.6 Å². The largest absolute Gasteiger partial charge is 0.504 e. The molecule has 0 aliphatic carbocycles. The van der Waals surface area contributed by atoms with E-state index in [2.05, 4.69) is 5.32 Å². The summed E-state index contributed by atoms with van der Waals surface area (Å²) in [5.74, 6) is 0.779. The first-order chi connectivity index (χ1) is 6.77. The average molecular weight is 195 g/mol. The van der Waals surface area contributed by atoms with Crippen molar-refractivity contribution in [3.8, 4) is 11.5 Å². The van der Waals surface area contributed by atoms with Gasteiger partial charge in [-0.2, -0.15) is 0 Å². The van der Waals surface area contributed by atoms with Crippen molar-refractivity contribution < 1.29 is 9.84 Å². The number of benzene rings is 1. The fourth-order valence-corrected chi connectivity index (χ4v) is 1.25. The van der Waals surface area contributed by atoms with Crippen molar-refractivity contribution in [2.24, 2.45) is 0 Å². The molecule has 0 fully saturated rings. The molecule has 1 aromatic rings. The van der Waals surface area contributed by atoms with Crippen molar-refractivity contribution in [2.45, 2.75) is 13.3 Å². The van der Waals surface area contributed by atoms with Crippen LogP contribution in [0.3, 0.4) is 0 Å². The van der Waals surface area contributed by atoms with E-state index in [1.807, 2.05) is 26.1 Å². The first-order valence-electron chi connectivity index (χ1n) is 4.87. The molecule has 3 nitrogen and oxygen atoms in total. The summed E-state index contributed by atoms with van der Waals surface area (Å²) < 4.78 is 5.29. The van der Waals surface area contributed by atoms with E-state index in [0.29, 0.717) is 12.4 Å². The van der Waals surface area contributed by atoms with Crippen LogP contribution < -0.4 is 10.1 Å². The first-order valence-corrected chi connectivity index (χ1v) is 4.87. The molecule has 0 saturated carbocycles. The van der Waals surface area contributed by atoms with Gasteiger partial charge in [0.25, 0.3) is 0 Å². The minimum absolute atomic E-state index is 0.208. The Kier molecular flexibility index (Phi) is 4.26. The Morgan fingerprint density at radius 1 is 1.43 bits per heavy atom. The third-order valence-corrected chi connectivity index (χ3v) is 1.99. The molecule has 3 heteroatoms. The third kappa shape index (κ3) is 2.92. The Morgan fingerprint density at radius 2 is 2.21 bits per heavy atom. The number of ether oxygens (including phenoxy) is 1. The quantitative estimate of drug-likeness (QED) is 0.749. The molecule has 0 unspecified atom stereocenters. The highest BCUT2D eigenvalue weighted by Crippen LogP contribution is 2.26. The summed E-state index contributed by atoms with van der Waals surface area (Å²) in [5.41, 5.74) is 1.17. The Hall–Kier alpha value is -1.22. The van der Waals surface area contributed by atoms with Crippen LogP contribution in [-0.4, -0.2) is 25.3 Å². The van der Waals surface area contributed by atoms with Gasteiger partial charge in [0.2, 0.25) is 0 Å². The predicted molar refractivity (Wildman–Crippen MR) is 56.9 cm³/mol. The molecule has 14 heavy (non-hydrogen) atoms. The zero-order valence-electron chi connectivity index (χ0n) is 8.71. The molecule has 0 radical (unpaired) electrons. The van der Waals surface area contributed by atoms with Gasteiger partial charge < -0.3 is 15.2 Å². The van der Waals surface area contributed by atoms with Crippen molar-refractivity contribution in [1.29, 1.82) is 0 Å². The summed E-state index contributed by atoms with van der Waals surface area (Å²) in [6.07, 6.45) is 0.941. The van der Waals surface area contributed by atoms with E-state index in [1.54, 1.807) is 6.07 Å². The van der Waals surface area contributed by atoms with Gasteiger partial charge in [-0.25, -0.2) is 0 Å². The lowest BCUT2D eigenvalue weighted by molar-refractivity contribution is 0.317. The highest BCUT2D eigenvalue weighted by molar-refractivity contribution is 5.41. The first kappa shape index (κ1) is 10.9. The zero-order valence-corrected chi connectivity index (χ0v) is 8.71. The van der Waals surface area contributed by atoms with Crippen LogP contribution in [0.1, 0.15) is 12.5 Å². The predicted octanol–water partition coefficient (Wildman–Crippen LogP) is 1.55. The highest BCUT2D eigenvalue weighted by atomic mass is 16.5. The molecule has 0 heterocycles. The molecule has 0 saturated heterocycles. The molecular formula is C11H17NO2. The Morgan fingerprint density at radius 3 is 2.86 bits per heavy atom. The number of rotatable bonds is 5. The van der Waals surface area contributed by atoms with E-state index in [0.717, 1.165) is 13.0 Å². The lowest BCUT2D eigenvalue weighted by Gasteiger charge is -2.08. The number of likely N-dealkylation sites (N-methyl/N-ethyl adjacent to an activating group) is 1. The molecule has 78 valence electrons. The summed E-state index contributed by atoms with van der Waals surface area (Å²) >= 11 is 0. The van der Waals surface area contributed by atoms with Crippen LogP contribution in [0.2, 0.25) is 0 Å². The molecule has 0 bridgehead atoms. The molecule has 0 aliphatic heterocycles. The van der Waals surface area contributed by atoms with Crippen LogP contribution in [0.15, 0.2) is 18.2 Å². The highest BCUT2D eigenvalue weighted by Gasteiger charge is 2.02. The van der Waals surface area contributed by atoms with Gasteiger partial charge in [-0.15, -0.1) is 0 Å². The van der Waals surface area contributed by atoms with Gasteiger partial charge in [0.15, 0.2) is 11.5 Å². The molecule has 0 atom stereocenters. The van der Waals surface area contributed by atoms with E-state index in [4.69, 9.17) is 4.74 Å². The molecule has 1 rings (SSSR count). The molecule has 2 N–H and O–H groups in total. The van der Waals surface area contributed by atoms with Gasteiger partial charge in [-0.3, -0.25) is 0 Å². The summed E-state index contributed by atoms with van der Waals surface area (Å²) in [6.45, 7) is 3.40. The summed E-state index contributed by atoms with van der Waals surface area (Å²) in [4.78, 5) is 0. The van der Waals surface area contributed by atoms with Crippen LogP contribution >= 0.6 is 0 Å². The van der Waals surface area contributed by atoms with Crippen molar-refractivity contribution in [3.63, 3.8) is 0 Å². The Bertz CT molecular complexity index is 287. The van der Waals surface area contributed by atoms with Crippen LogP contribution in [0, 0.1) is 0 Å². The number of aromatic hydroxyl groups is 1. The fraction of sp³-hybridized carbons (Fsp3) is 0.455. The summed E-state index contributed by atoms with van der Waals surface area (Å²) in [5, 5.41) is 12.5. The Balaban J connectivity index is 2.72. The van der Waals surface area contributed by atoms with Gasteiger partial charge in [-0.1, -0.05) is 6.07 Å². The SMILES string of the molecule is CCOc1cc(CCNC)ccc1O. The number of nitrogens with one attached hydrogen (secondary N) is 1. The van der Waals surface area contributed by atoms with Gasteiger partial charge in [0.1, 0.15) is 0 Å². The average Bonchev–Trinajstić information content (AvgIpc) is 2.19. The molecule has 0 spiro atoms. The zero-order chi connectivity index (χ0) is 10.4. The number of hydrogen-bond acceptors (Lipinski definition) is 3. The molecule has 0 aliphatic rings. The third-order valence-electron chi connectivity index (χ3n) is 1.99. The Labute approximate surface area is 84.7 Å². The van der Waals surface area contributed by atoms with Crippen molar-refractivity contribution in [3.05, 3.63) is 23.8 Å². The second kappa shape index (κ2) is 5.50. The maximum atomic E-state index is 9.45.